The second kappa shape index (κ2) is 6.28. The summed E-state index contributed by atoms with van der Waals surface area (Å²) in [6.07, 6.45) is 0. The molecule has 0 radical (unpaired) electrons. The first-order chi connectivity index (χ1) is 9.90. The van der Waals surface area contributed by atoms with Gasteiger partial charge in [0.2, 0.25) is 0 Å². The maximum absolute atomic E-state index is 12.2. The highest BCUT2D eigenvalue weighted by Gasteiger charge is 2.25. The molecule has 0 aliphatic heterocycles. The molecule has 0 saturated heterocycles. The third kappa shape index (κ3) is 3.83. The SMILES string of the molecule is CN(C)c1cccc(C(=O)NCC(C)(O)c2cccs2)c1. The van der Waals surface area contributed by atoms with Crippen LogP contribution in [0.4, 0.5) is 5.69 Å². The van der Waals surface area contributed by atoms with E-state index in [1.165, 1.54) is 11.3 Å². The minimum Gasteiger partial charge on any atom is -0.383 e. The van der Waals surface area contributed by atoms with Crippen molar-refractivity contribution < 1.29 is 9.90 Å². The van der Waals surface area contributed by atoms with Gasteiger partial charge in [0.1, 0.15) is 5.60 Å². The van der Waals surface area contributed by atoms with Gasteiger partial charge in [0.05, 0.1) is 6.54 Å². The Labute approximate surface area is 129 Å². The topological polar surface area (TPSA) is 52.6 Å². The minimum absolute atomic E-state index is 0.179. The summed E-state index contributed by atoms with van der Waals surface area (Å²) < 4.78 is 0. The predicted molar refractivity (Wildman–Crippen MR) is 87.0 cm³/mol. The van der Waals surface area contributed by atoms with Gasteiger partial charge in [-0.25, -0.2) is 0 Å². The zero-order chi connectivity index (χ0) is 15.5. The van der Waals surface area contributed by atoms with Gasteiger partial charge >= 0.3 is 0 Å². The van der Waals surface area contributed by atoms with Crippen LogP contribution in [0.25, 0.3) is 0 Å². The van der Waals surface area contributed by atoms with E-state index in [0.717, 1.165) is 10.6 Å². The quantitative estimate of drug-likeness (QED) is 0.892. The molecule has 1 atom stereocenters. The number of hydrogen-bond acceptors (Lipinski definition) is 4. The van der Waals surface area contributed by atoms with Crippen LogP contribution in [0.5, 0.6) is 0 Å². The van der Waals surface area contributed by atoms with E-state index in [4.69, 9.17) is 0 Å². The average Bonchev–Trinajstić information content (AvgIpc) is 3.00. The van der Waals surface area contributed by atoms with E-state index in [2.05, 4.69) is 5.32 Å². The zero-order valence-electron chi connectivity index (χ0n) is 12.5. The molecule has 0 aliphatic carbocycles. The van der Waals surface area contributed by atoms with Crippen molar-refractivity contribution in [2.75, 3.05) is 25.5 Å². The molecule has 4 nitrogen and oxygen atoms in total. The van der Waals surface area contributed by atoms with Gasteiger partial charge in [0.15, 0.2) is 0 Å². The molecule has 1 amide bonds. The summed E-state index contributed by atoms with van der Waals surface area (Å²) in [5.74, 6) is -0.185. The Balaban J connectivity index is 2.03. The van der Waals surface area contributed by atoms with Gasteiger partial charge in [-0.2, -0.15) is 0 Å². The number of thiophene rings is 1. The van der Waals surface area contributed by atoms with Crippen molar-refractivity contribution in [1.29, 1.82) is 0 Å². The Hall–Kier alpha value is -1.85. The van der Waals surface area contributed by atoms with Crippen molar-refractivity contribution in [2.24, 2.45) is 0 Å². The molecule has 0 fully saturated rings. The first-order valence-electron chi connectivity index (χ1n) is 6.72. The lowest BCUT2D eigenvalue weighted by Gasteiger charge is -2.22. The molecule has 0 saturated carbocycles. The number of rotatable bonds is 5. The second-order valence-corrected chi connectivity index (χ2v) is 6.33. The van der Waals surface area contributed by atoms with E-state index in [0.29, 0.717) is 5.56 Å². The smallest absolute Gasteiger partial charge is 0.251 e. The van der Waals surface area contributed by atoms with Crippen LogP contribution in [-0.2, 0) is 5.60 Å². The molecule has 2 rings (SSSR count). The fourth-order valence-electron chi connectivity index (χ4n) is 1.95. The number of aliphatic hydroxyl groups is 1. The number of carbonyl (C=O) groups is 1. The molecule has 0 bridgehead atoms. The first kappa shape index (κ1) is 15.5. The summed E-state index contributed by atoms with van der Waals surface area (Å²) in [5, 5.41) is 15.1. The Morgan fingerprint density at radius 2 is 2.10 bits per heavy atom. The molecule has 2 aromatic rings. The third-order valence-electron chi connectivity index (χ3n) is 3.27. The number of nitrogens with zero attached hydrogens (tertiary/aromatic N) is 1. The van der Waals surface area contributed by atoms with Crippen molar-refractivity contribution in [3.63, 3.8) is 0 Å². The summed E-state index contributed by atoms with van der Waals surface area (Å²) in [5.41, 5.74) is 0.499. The Kier molecular flexibility index (Phi) is 4.65. The fourth-order valence-corrected chi connectivity index (χ4v) is 2.74. The molecule has 0 aliphatic rings. The molecule has 1 heterocycles. The Morgan fingerprint density at radius 3 is 2.71 bits per heavy atom. The molecule has 2 N–H and O–H groups in total. The number of hydrogen-bond donors (Lipinski definition) is 2. The monoisotopic (exact) mass is 304 g/mol. The summed E-state index contributed by atoms with van der Waals surface area (Å²) in [4.78, 5) is 15.0. The molecule has 112 valence electrons. The lowest BCUT2D eigenvalue weighted by Crippen LogP contribution is -2.38. The lowest BCUT2D eigenvalue weighted by molar-refractivity contribution is 0.0557. The highest BCUT2D eigenvalue weighted by molar-refractivity contribution is 7.10. The van der Waals surface area contributed by atoms with E-state index in [9.17, 15) is 9.90 Å². The summed E-state index contributed by atoms with van der Waals surface area (Å²) in [7, 11) is 3.86. The van der Waals surface area contributed by atoms with Crippen molar-refractivity contribution in [3.8, 4) is 0 Å². The standard InChI is InChI=1S/C16H20N2O2S/c1-16(20,14-8-5-9-21-14)11-17-15(19)12-6-4-7-13(10-12)18(2)3/h4-10,20H,11H2,1-3H3,(H,17,19). The molecule has 21 heavy (non-hydrogen) atoms. The molecule has 1 aromatic carbocycles. The van der Waals surface area contributed by atoms with Gasteiger partial charge in [-0.15, -0.1) is 11.3 Å². The van der Waals surface area contributed by atoms with E-state index in [1.54, 1.807) is 13.0 Å². The Morgan fingerprint density at radius 1 is 1.33 bits per heavy atom. The van der Waals surface area contributed by atoms with E-state index in [1.807, 2.05) is 54.7 Å². The van der Waals surface area contributed by atoms with Crippen molar-refractivity contribution in [1.82, 2.24) is 5.32 Å². The van der Waals surface area contributed by atoms with Crippen molar-refractivity contribution in [3.05, 3.63) is 52.2 Å². The second-order valence-electron chi connectivity index (χ2n) is 5.38. The largest absolute Gasteiger partial charge is 0.383 e. The van der Waals surface area contributed by atoms with Gasteiger partial charge in [-0.05, 0) is 36.6 Å². The molecular weight excluding hydrogens is 284 g/mol. The first-order valence-corrected chi connectivity index (χ1v) is 7.60. The molecule has 0 spiro atoms. The van der Waals surface area contributed by atoms with Gasteiger partial charge in [-0.3, -0.25) is 4.79 Å². The average molecular weight is 304 g/mol. The molecule has 1 aromatic heterocycles. The van der Waals surface area contributed by atoms with Crippen LogP contribution >= 0.6 is 11.3 Å². The summed E-state index contributed by atoms with van der Waals surface area (Å²) in [6.45, 7) is 1.88. The summed E-state index contributed by atoms with van der Waals surface area (Å²) in [6, 6.07) is 11.1. The van der Waals surface area contributed by atoms with Gasteiger partial charge < -0.3 is 15.3 Å². The van der Waals surface area contributed by atoms with E-state index in [-0.39, 0.29) is 12.5 Å². The number of amides is 1. The van der Waals surface area contributed by atoms with E-state index >= 15 is 0 Å². The predicted octanol–water partition coefficient (Wildman–Crippen LogP) is 2.45. The molecule has 5 heteroatoms. The van der Waals surface area contributed by atoms with Crippen LogP contribution < -0.4 is 10.2 Å². The van der Waals surface area contributed by atoms with Crippen LogP contribution in [0.2, 0.25) is 0 Å². The molecular formula is C16H20N2O2S. The highest BCUT2D eigenvalue weighted by atomic mass is 32.1. The normalized spacial score (nSPS) is 13.5. The Bertz CT molecular complexity index is 606. The van der Waals surface area contributed by atoms with Crippen LogP contribution in [0.3, 0.4) is 0 Å². The van der Waals surface area contributed by atoms with Crippen molar-refractivity contribution in [2.45, 2.75) is 12.5 Å². The maximum Gasteiger partial charge on any atom is 0.251 e. The minimum atomic E-state index is -1.05. The maximum atomic E-state index is 12.2. The number of nitrogens with one attached hydrogen (secondary N) is 1. The fraction of sp³-hybridized carbons (Fsp3) is 0.312. The van der Waals surface area contributed by atoms with Crippen LogP contribution in [0, 0.1) is 0 Å². The number of benzene rings is 1. The number of carbonyl (C=O) groups excluding carboxylic acids is 1. The van der Waals surface area contributed by atoms with Crippen LogP contribution in [0.15, 0.2) is 41.8 Å². The summed E-state index contributed by atoms with van der Waals surface area (Å²) >= 11 is 1.48. The molecule has 1 unspecified atom stereocenters. The number of anilines is 1. The van der Waals surface area contributed by atoms with Gasteiger partial charge in [0.25, 0.3) is 5.91 Å². The van der Waals surface area contributed by atoms with Crippen LogP contribution in [0.1, 0.15) is 22.2 Å². The zero-order valence-corrected chi connectivity index (χ0v) is 13.3. The van der Waals surface area contributed by atoms with Gasteiger partial charge in [0, 0.05) is 30.2 Å². The van der Waals surface area contributed by atoms with Crippen molar-refractivity contribution >= 4 is 22.9 Å². The van der Waals surface area contributed by atoms with Gasteiger partial charge in [-0.1, -0.05) is 12.1 Å². The van der Waals surface area contributed by atoms with E-state index < -0.39 is 5.60 Å². The highest BCUT2D eigenvalue weighted by Crippen LogP contribution is 2.24. The lowest BCUT2D eigenvalue weighted by atomic mass is 10.0. The van der Waals surface area contributed by atoms with Crippen LogP contribution in [-0.4, -0.2) is 31.7 Å². The third-order valence-corrected chi connectivity index (χ3v) is 4.39.